The number of rotatable bonds is 7. The number of para-hydroxylation sites is 1. The van der Waals surface area contributed by atoms with Crippen molar-refractivity contribution in [2.24, 2.45) is 5.92 Å². The molecule has 1 saturated heterocycles. The number of piperidine rings is 1. The number of H-pyrrole nitrogens is 1. The van der Waals surface area contributed by atoms with Crippen LogP contribution in [0.3, 0.4) is 0 Å². The third-order valence-corrected chi connectivity index (χ3v) is 6.97. The van der Waals surface area contributed by atoms with Crippen LogP contribution in [-0.4, -0.2) is 41.7 Å². The highest BCUT2D eigenvalue weighted by Crippen LogP contribution is 2.36. The minimum absolute atomic E-state index is 0.0289. The third-order valence-electron chi connectivity index (χ3n) is 6.97. The normalized spacial score (nSPS) is 19.5. The van der Waals surface area contributed by atoms with Gasteiger partial charge in [0.05, 0.1) is 12.7 Å². The first kappa shape index (κ1) is 23.2. The average Bonchev–Trinajstić information content (AvgIpc) is 3.09. The number of benzene rings is 1. The van der Waals surface area contributed by atoms with Crippen molar-refractivity contribution >= 4 is 16.7 Å². The standard InChI is InChI=1S/C26H32FN3O3/c1-15-13-24(33-4)20(26(32)29-15)9-10-23(31)25-17(3)30(22-8-6-5-7-19(22)25)16(2)18-11-12-28-14-21(18)27/h5-8,13,16,18,21,28H,9-12,14H2,1-4H3,(H,29,32)/t16-,18?,21?/m1/s1. The number of Topliss-reactive ketones (excluding diaryl/α,β-unsaturated/α-hetero) is 1. The molecule has 0 amide bonds. The van der Waals surface area contributed by atoms with Gasteiger partial charge in [-0.3, -0.25) is 9.59 Å². The van der Waals surface area contributed by atoms with Crippen LogP contribution in [0.25, 0.3) is 10.9 Å². The molecule has 1 fully saturated rings. The van der Waals surface area contributed by atoms with Gasteiger partial charge in [0.15, 0.2) is 5.78 Å². The molecule has 2 unspecified atom stereocenters. The van der Waals surface area contributed by atoms with Crippen LogP contribution in [-0.2, 0) is 6.42 Å². The molecule has 1 aromatic carbocycles. The predicted molar refractivity (Wildman–Crippen MR) is 128 cm³/mol. The molecule has 0 bridgehead atoms. The molecule has 1 aliphatic heterocycles. The van der Waals surface area contributed by atoms with Crippen LogP contribution in [0, 0.1) is 19.8 Å². The van der Waals surface area contributed by atoms with Gasteiger partial charge >= 0.3 is 0 Å². The number of carbonyl (C=O) groups is 1. The molecule has 0 spiro atoms. The maximum absolute atomic E-state index is 14.7. The summed E-state index contributed by atoms with van der Waals surface area (Å²) in [6.45, 7) is 6.95. The van der Waals surface area contributed by atoms with E-state index in [2.05, 4.69) is 14.9 Å². The van der Waals surface area contributed by atoms with Crippen molar-refractivity contribution in [3.05, 3.63) is 63.2 Å². The van der Waals surface area contributed by atoms with Crippen LogP contribution in [0.1, 0.15) is 53.1 Å². The molecule has 0 saturated carbocycles. The zero-order valence-corrected chi connectivity index (χ0v) is 19.7. The Kier molecular flexibility index (Phi) is 6.70. The monoisotopic (exact) mass is 453 g/mol. The lowest BCUT2D eigenvalue weighted by Gasteiger charge is -2.33. The Balaban J connectivity index is 1.68. The number of fused-ring (bicyclic) bond motifs is 1. The van der Waals surface area contributed by atoms with Crippen molar-refractivity contribution in [1.29, 1.82) is 0 Å². The van der Waals surface area contributed by atoms with E-state index in [-0.39, 0.29) is 36.1 Å². The summed E-state index contributed by atoms with van der Waals surface area (Å²) < 4.78 is 22.2. The van der Waals surface area contributed by atoms with E-state index in [0.717, 1.165) is 29.6 Å². The Morgan fingerprint density at radius 2 is 2.06 bits per heavy atom. The molecule has 6 nitrogen and oxygen atoms in total. The van der Waals surface area contributed by atoms with E-state index in [1.807, 2.05) is 38.1 Å². The Bertz CT molecular complexity index is 1230. The Morgan fingerprint density at radius 3 is 2.79 bits per heavy atom. The lowest BCUT2D eigenvalue weighted by atomic mass is 9.89. The van der Waals surface area contributed by atoms with Crippen LogP contribution in [0.15, 0.2) is 35.1 Å². The molecule has 1 aliphatic rings. The summed E-state index contributed by atoms with van der Waals surface area (Å²) in [6.07, 6.45) is 0.305. The van der Waals surface area contributed by atoms with Gasteiger partial charge in [0, 0.05) is 52.8 Å². The predicted octanol–water partition coefficient (Wildman–Crippen LogP) is 4.28. The Hall–Kier alpha value is -2.93. The molecule has 4 rings (SSSR count). The molecule has 2 N–H and O–H groups in total. The fraction of sp³-hybridized carbons (Fsp3) is 0.462. The van der Waals surface area contributed by atoms with E-state index in [0.29, 0.717) is 29.1 Å². The van der Waals surface area contributed by atoms with Gasteiger partial charge in [0.25, 0.3) is 5.56 Å². The molecule has 3 atom stereocenters. The number of ether oxygens (including phenoxy) is 1. The number of aromatic amines is 1. The van der Waals surface area contributed by atoms with E-state index in [9.17, 15) is 14.0 Å². The molecule has 33 heavy (non-hydrogen) atoms. The number of ketones is 1. The van der Waals surface area contributed by atoms with E-state index >= 15 is 0 Å². The summed E-state index contributed by atoms with van der Waals surface area (Å²) in [5.41, 5.74) is 3.41. The highest BCUT2D eigenvalue weighted by atomic mass is 19.1. The molecule has 0 radical (unpaired) electrons. The number of hydrogen-bond acceptors (Lipinski definition) is 4. The lowest BCUT2D eigenvalue weighted by Crippen LogP contribution is -2.41. The first-order valence-electron chi connectivity index (χ1n) is 11.6. The molecule has 7 heteroatoms. The quantitative estimate of drug-likeness (QED) is 0.524. The summed E-state index contributed by atoms with van der Waals surface area (Å²) in [7, 11) is 1.53. The molecule has 3 aromatic rings. The van der Waals surface area contributed by atoms with Crippen molar-refractivity contribution in [2.75, 3.05) is 20.2 Å². The van der Waals surface area contributed by atoms with Crippen LogP contribution >= 0.6 is 0 Å². The summed E-state index contributed by atoms with van der Waals surface area (Å²) in [6, 6.07) is 9.51. The fourth-order valence-electron chi connectivity index (χ4n) is 5.31. The van der Waals surface area contributed by atoms with Gasteiger partial charge < -0.3 is 19.6 Å². The number of aromatic nitrogens is 2. The van der Waals surface area contributed by atoms with Gasteiger partial charge in [0.2, 0.25) is 0 Å². The zero-order valence-electron chi connectivity index (χ0n) is 19.7. The summed E-state index contributed by atoms with van der Waals surface area (Å²) >= 11 is 0. The Labute approximate surface area is 193 Å². The zero-order chi connectivity index (χ0) is 23.7. The first-order chi connectivity index (χ1) is 15.8. The number of aryl methyl sites for hydroxylation is 1. The minimum atomic E-state index is -0.922. The molecular formula is C26H32FN3O3. The maximum atomic E-state index is 14.7. The lowest BCUT2D eigenvalue weighted by molar-refractivity contribution is 0.0982. The summed E-state index contributed by atoms with van der Waals surface area (Å²) in [5.74, 6) is 0.356. The number of carbonyl (C=O) groups excluding carboxylic acids is 1. The Morgan fingerprint density at radius 1 is 1.30 bits per heavy atom. The van der Waals surface area contributed by atoms with Gasteiger partial charge in [-0.2, -0.15) is 0 Å². The van der Waals surface area contributed by atoms with E-state index in [1.54, 1.807) is 13.0 Å². The molecule has 2 aromatic heterocycles. The van der Waals surface area contributed by atoms with Crippen molar-refractivity contribution < 1.29 is 13.9 Å². The number of nitrogens with zero attached hydrogens (tertiary/aromatic N) is 1. The van der Waals surface area contributed by atoms with Gasteiger partial charge in [-0.05, 0) is 52.3 Å². The van der Waals surface area contributed by atoms with Crippen LogP contribution in [0.4, 0.5) is 4.39 Å². The van der Waals surface area contributed by atoms with E-state index in [1.165, 1.54) is 7.11 Å². The second-order valence-electron chi connectivity index (χ2n) is 9.01. The van der Waals surface area contributed by atoms with Crippen molar-refractivity contribution in [3.63, 3.8) is 0 Å². The number of alkyl halides is 1. The number of halogens is 1. The third kappa shape index (κ3) is 4.34. The van der Waals surface area contributed by atoms with Crippen molar-refractivity contribution in [1.82, 2.24) is 14.9 Å². The fourth-order valence-corrected chi connectivity index (χ4v) is 5.31. The minimum Gasteiger partial charge on any atom is -0.496 e. The molecule has 176 valence electrons. The van der Waals surface area contributed by atoms with Crippen molar-refractivity contribution in [3.8, 4) is 5.75 Å². The summed E-state index contributed by atoms with van der Waals surface area (Å²) in [4.78, 5) is 28.7. The molecule has 3 heterocycles. The first-order valence-corrected chi connectivity index (χ1v) is 11.6. The van der Waals surface area contributed by atoms with Crippen LogP contribution < -0.4 is 15.6 Å². The van der Waals surface area contributed by atoms with Gasteiger partial charge in [0.1, 0.15) is 11.9 Å². The van der Waals surface area contributed by atoms with E-state index in [4.69, 9.17) is 4.74 Å². The van der Waals surface area contributed by atoms with Crippen molar-refractivity contribution in [2.45, 2.75) is 52.2 Å². The molecular weight excluding hydrogens is 421 g/mol. The van der Waals surface area contributed by atoms with E-state index < -0.39 is 6.17 Å². The SMILES string of the molecule is COc1cc(C)[nH]c(=O)c1CCC(=O)c1c(C)n([C@H](C)C2CCNCC2F)c2ccccc12. The second kappa shape index (κ2) is 9.51. The average molecular weight is 454 g/mol. The smallest absolute Gasteiger partial charge is 0.255 e. The largest absolute Gasteiger partial charge is 0.496 e. The molecule has 0 aliphatic carbocycles. The van der Waals surface area contributed by atoms with Crippen LogP contribution in [0.5, 0.6) is 5.75 Å². The van der Waals surface area contributed by atoms with Gasteiger partial charge in [-0.25, -0.2) is 4.39 Å². The summed E-state index contributed by atoms with van der Waals surface area (Å²) in [5, 5.41) is 3.99. The number of hydrogen-bond donors (Lipinski definition) is 2. The van der Waals surface area contributed by atoms with Crippen LogP contribution in [0.2, 0.25) is 0 Å². The maximum Gasteiger partial charge on any atom is 0.255 e. The highest BCUT2D eigenvalue weighted by Gasteiger charge is 2.33. The van der Waals surface area contributed by atoms with Gasteiger partial charge in [-0.1, -0.05) is 18.2 Å². The second-order valence-corrected chi connectivity index (χ2v) is 9.01. The number of methoxy groups -OCH3 is 1. The number of pyridine rings is 1. The number of nitrogens with one attached hydrogen (secondary N) is 2. The highest BCUT2D eigenvalue weighted by molar-refractivity contribution is 6.09. The topological polar surface area (TPSA) is 76.1 Å². The van der Waals surface area contributed by atoms with Gasteiger partial charge in [-0.15, -0.1) is 0 Å².